The Morgan fingerprint density at radius 1 is 1.19 bits per heavy atom. The molecule has 1 heterocycles. The van der Waals surface area contributed by atoms with Gasteiger partial charge in [-0.2, -0.15) is 17.4 Å². The van der Waals surface area contributed by atoms with Crippen molar-refractivity contribution in [2.75, 3.05) is 13.1 Å². The molecule has 1 unspecified atom stereocenters. The molecule has 6 nitrogen and oxygen atoms in total. The highest BCUT2D eigenvalue weighted by Gasteiger charge is 2.41. The highest BCUT2D eigenvalue weighted by atomic mass is 32.2. The van der Waals surface area contributed by atoms with Gasteiger partial charge in [-0.15, -0.1) is 0 Å². The maximum atomic E-state index is 12.4. The van der Waals surface area contributed by atoms with Gasteiger partial charge in [-0.05, 0) is 25.3 Å². The SMILES string of the molecule is CC(NS(=O)(=O)N1CCCCC1)(C(=O)O)c1ccccc1. The minimum Gasteiger partial charge on any atom is -0.480 e. The first-order valence-corrected chi connectivity index (χ1v) is 8.38. The lowest BCUT2D eigenvalue weighted by Gasteiger charge is -2.32. The van der Waals surface area contributed by atoms with Gasteiger partial charge in [0.25, 0.3) is 10.2 Å². The molecule has 116 valence electrons. The van der Waals surface area contributed by atoms with Gasteiger partial charge in [0.15, 0.2) is 5.54 Å². The van der Waals surface area contributed by atoms with Crippen LogP contribution in [0.2, 0.25) is 0 Å². The molecule has 0 aromatic heterocycles. The molecule has 1 saturated heterocycles. The molecule has 0 saturated carbocycles. The largest absolute Gasteiger partial charge is 0.480 e. The van der Waals surface area contributed by atoms with E-state index >= 15 is 0 Å². The molecular weight excluding hydrogens is 292 g/mol. The molecule has 1 aliphatic heterocycles. The van der Waals surface area contributed by atoms with E-state index in [1.807, 2.05) is 0 Å². The molecule has 0 radical (unpaired) electrons. The van der Waals surface area contributed by atoms with E-state index in [0.717, 1.165) is 19.3 Å². The number of nitrogens with one attached hydrogen (secondary N) is 1. The highest BCUT2D eigenvalue weighted by molar-refractivity contribution is 7.87. The average Bonchev–Trinajstić information content (AvgIpc) is 2.48. The fraction of sp³-hybridized carbons (Fsp3) is 0.500. The molecule has 21 heavy (non-hydrogen) atoms. The minimum atomic E-state index is -3.83. The van der Waals surface area contributed by atoms with Crippen molar-refractivity contribution >= 4 is 16.2 Å². The quantitative estimate of drug-likeness (QED) is 0.858. The molecule has 1 atom stereocenters. The van der Waals surface area contributed by atoms with Crippen LogP contribution >= 0.6 is 0 Å². The number of hydrogen-bond donors (Lipinski definition) is 2. The van der Waals surface area contributed by atoms with Crippen molar-refractivity contribution in [3.05, 3.63) is 35.9 Å². The molecule has 0 bridgehead atoms. The monoisotopic (exact) mass is 312 g/mol. The summed E-state index contributed by atoms with van der Waals surface area (Å²) in [6.45, 7) is 2.23. The summed E-state index contributed by atoms with van der Waals surface area (Å²) in [5.74, 6) is -1.23. The van der Waals surface area contributed by atoms with Crippen LogP contribution in [-0.2, 0) is 20.5 Å². The Bertz CT molecular complexity index is 597. The van der Waals surface area contributed by atoms with E-state index in [0.29, 0.717) is 18.7 Å². The van der Waals surface area contributed by atoms with Crippen LogP contribution in [0.3, 0.4) is 0 Å². The number of aliphatic carboxylic acids is 1. The normalized spacial score (nSPS) is 19.9. The maximum absolute atomic E-state index is 12.4. The number of hydrogen-bond acceptors (Lipinski definition) is 3. The van der Waals surface area contributed by atoms with E-state index < -0.39 is 21.7 Å². The van der Waals surface area contributed by atoms with Crippen LogP contribution in [0.15, 0.2) is 30.3 Å². The lowest BCUT2D eigenvalue weighted by Crippen LogP contribution is -2.54. The number of benzene rings is 1. The van der Waals surface area contributed by atoms with Crippen LogP contribution in [0.1, 0.15) is 31.7 Å². The fourth-order valence-corrected chi connectivity index (χ4v) is 4.01. The van der Waals surface area contributed by atoms with E-state index in [1.165, 1.54) is 11.2 Å². The van der Waals surface area contributed by atoms with Crippen LogP contribution in [0.4, 0.5) is 0 Å². The predicted molar refractivity (Wildman–Crippen MR) is 78.9 cm³/mol. The van der Waals surface area contributed by atoms with Gasteiger partial charge in [-0.3, -0.25) is 0 Å². The molecule has 1 aromatic rings. The molecule has 1 fully saturated rings. The van der Waals surface area contributed by atoms with E-state index in [1.54, 1.807) is 30.3 Å². The Kier molecular flexibility index (Phi) is 4.65. The Labute approximate surface area is 125 Å². The van der Waals surface area contributed by atoms with Crippen molar-refractivity contribution in [3.8, 4) is 0 Å². The Morgan fingerprint density at radius 3 is 2.29 bits per heavy atom. The van der Waals surface area contributed by atoms with E-state index in [-0.39, 0.29) is 0 Å². The van der Waals surface area contributed by atoms with Crippen LogP contribution in [0.25, 0.3) is 0 Å². The summed E-state index contributed by atoms with van der Waals surface area (Å²) in [7, 11) is -3.83. The van der Waals surface area contributed by atoms with Crippen molar-refractivity contribution in [1.82, 2.24) is 9.03 Å². The summed E-state index contributed by atoms with van der Waals surface area (Å²) in [5, 5.41) is 9.50. The first kappa shape index (κ1) is 15.9. The molecule has 7 heteroatoms. The van der Waals surface area contributed by atoms with Gasteiger partial charge in [0.05, 0.1) is 0 Å². The minimum absolute atomic E-state index is 0.401. The second-order valence-electron chi connectivity index (χ2n) is 5.36. The second-order valence-corrected chi connectivity index (χ2v) is 7.03. The first-order chi connectivity index (χ1) is 9.86. The molecule has 0 amide bonds. The third-order valence-corrected chi connectivity index (χ3v) is 5.48. The maximum Gasteiger partial charge on any atom is 0.329 e. The average molecular weight is 312 g/mol. The summed E-state index contributed by atoms with van der Waals surface area (Å²) in [6, 6.07) is 8.34. The van der Waals surface area contributed by atoms with Crippen LogP contribution in [0, 0.1) is 0 Å². The van der Waals surface area contributed by atoms with Crippen LogP contribution in [-0.4, -0.2) is 36.9 Å². The standard InChI is InChI=1S/C14H20N2O4S/c1-14(13(17)18,12-8-4-2-5-9-12)15-21(19,20)16-10-6-3-7-11-16/h2,4-5,8-9,15H,3,6-7,10-11H2,1H3,(H,17,18). The third-order valence-electron chi connectivity index (χ3n) is 3.77. The summed E-state index contributed by atoms with van der Waals surface area (Å²) in [6.07, 6.45) is 2.60. The van der Waals surface area contributed by atoms with E-state index in [4.69, 9.17) is 0 Å². The van der Waals surface area contributed by atoms with Crippen molar-refractivity contribution in [2.45, 2.75) is 31.7 Å². The van der Waals surface area contributed by atoms with Crippen molar-refractivity contribution in [3.63, 3.8) is 0 Å². The number of carbonyl (C=O) groups is 1. The van der Waals surface area contributed by atoms with Gasteiger partial charge in [-0.25, -0.2) is 4.79 Å². The summed E-state index contributed by atoms with van der Waals surface area (Å²) in [5.41, 5.74) is -1.28. The third kappa shape index (κ3) is 3.42. The van der Waals surface area contributed by atoms with Crippen LogP contribution < -0.4 is 4.72 Å². The van der Waals surface area contributed by atoms with Gasteiger partial charge in [-0.1, -0.05) is 36.8 Å². The van der Waals surface area contributed by atoms with Crippen LogP contribution in [0.5, 0.6) is 0 Å². The number of piperidine rings is 1. The second kappa shape index (κ2) is 6.13. The number of carboxylic acid groups (broad SMARTS) is 1. The number of nitrogens with zero attached hydrogens (tertiary/aromatic N) is 1. The highest BCUT2D eigenvalue weighted by Crippen LogP contribution is 2.24. The van der Waals surface area contributed by atoms with Gasteiger partial charge in [0.2, 0.25) is 0 Å². The summed E-state index contributed by atoms with van der Waals surface area (Å²) >= 11 is 0. The molecule has 1 aromatic carbocycles. The molecule has 2 N–H and O–H groups in total. The molecule has 2 rings (SSSR count). The van der Waals surface area contributed by atoms with Crippen molar-refractivity contribution in [1.29, 1.82) is 0 Å². The Balaban J connectivity index is 2.30. The molecule has 1 aliphatic rings. The predicted octanol–water partition coefficient (Wildman–Crippen LogP) is 1.31. The van der Waals surface area contributed by atoms with Crippen molar-refractivity contribution < 1.29 is 18.3 Å². The van der Waals surface area contributed by atoms with E-state index in [9.17, 15) is 18.3 Å². The topological polar surface area (TPSA) is 86.7 Å². The molecule has 0 spiro atoms. The number of carboxylic acids is 1. The molecule has 0 aliphatic carbocycles. The van der Waals surface area contributed by atoms with Crippen molar-refractivity contribution in [2.24, 2.45) is 0 Å². The fourth-order valence-electron chi connectivity index (χ4n) is 2.43. The number of rotatable bonds is 5. The van der Waals surface area contributed by atoms with Gasteiger partial charge in [0, 0.05) is 13.1 Å². The lowest BCUT2D eigenvalue weighted by molar-refractivity contribution is -0.143. The summed E-state index contributed by atoms with van der Waals surface area (Å²) < 4.78 is 28.5. The smallest absolute Gasteiger partial charge is 0.329 e. The lowest BCUT2D eigenvalue weighted by atomic mass is 9.94. The van der Waals surface area contributed by atoms with Gasteiger partial charge >= 0.3 is 5.97 Å². The zero-order chi connectivity index (χ0) is 15.5. The summed E-state index contributed by atoms with van der Waals surface area (Å²) in [4.78, 5) is 11.6. The zero-order valence-electron chi connectivity index (χ0n) is 11.9. The molecular formula is C14H20N2O4S. The van der Waals surface area contributed by atoms with E-state index in [2.05, 4.69) is 4.72 Å². The zero-order valence-corrected chi connectivity index (χ0v) is 12.8. The Hall–Kier alpha value is -1.44. The van der Waals surface area contributed by atoms with Gasteiger partial charge < -0.3 is 5.11 Å². The Morgan fingerprint density at radius 2 is 1.76 bits per heavy atom. The van der Waals surface area contributed by atoms with Gasteiger partial charge in [0.1, 0.15) is 0 Å². The first-order valence-electron chi connectivity index (χ1n) is 6.94.